The van der Waals surface area contributed by atoms with E-state index >= 15 is 0 Å². The molecule has 0 saturated carbocycles. The smallest absolute Gasteiger partial charge is 0.120 e. The fourth-order valence-corrected chi connectivity index (χ4v) is 2.22. The number of methoxy groups -OCH3 is 1. The van der Waals surface area contributed by atoms with Crippen molar-refractivity contribution in [1.29, 1.82) is 0 Å². The molecule has 2 aromatic carbocycles. The molecular formula is C16H20N2O. The Labute approximate surface area is 114 Å². The molecule has 2 N–H and O–H groups in total. The molecule has 3 nitrogen and oxygen atoms in total. The van der Waals surface area contributed by atoms with E-state index in [0.29, 0.717) is 6.54 Å². The second kappa shape index (κ2) is 5.76. The van der Waals surface area contributed by atoms with Gasteiger partial charge in [0, 0.05) is 31.0 Å². The number of nitrogens with zero attached hydrogens (tertiary/aromatic N) is 1. The highest BCUT2D eigenvalue weighted by Crippen LogP contribution is 2.32. The van der Waals surface area contributed by atoms with Gasteiger partial charge in [-0.25, -0.2) is 0 Å². The van der Waals surface area contributed by atoms with E-state index in [1.54, 1.807) is 7.11 Å². The second-order valence-electron chi connectivity index (χ2n) is 4.54. The number of hydrogen-bond acceptors (Lipinski definition) is 3. The van der Waals surface area contributed by atoms with Gasteiger partial charge in [-0.2, -0.15) is 0 Å². The third kappa shape index (κ3) is 2.71. The number of anilines is 2. The second-order valence-corrected chi connectivity index (χ2v) is 4.54. The highest BCUT2D eigenvalue weighted by Gasteiger charge is 2.11. The number of benzene rings is 2. The van der Waals surface area contributed by atoms with Crippen LogP contribution in [0.4, 0.5) is 11.4 Å². The van der Waals surface area contributed by atoms with Crippen LogP contribution in [-0.2, 0) is 6.54 Å². The number of ether oxygens (including phenoxy) is 1. The third-order valence-corrected chi connectivity index (χ3v) is 3.35. The minimum Gasteiger partial charge on any atom is -0.497 e. The molecule has 3 heteroatoms. The molecule has 2 rings (SSSR count). The van der Waals surface area contributed by atoms with Gasteiger partial charge >= 0.3 is 0 Å². The van der Waals surface area contributed by atoms with Gasteiger partial charge in [0.25, 0.3) is 0 Å². The summed E-state index contributed by atoms with van der Waals surface area (Å²) in [5.74, 6) is 0.840. The third-order valence-electron chi connectivity index (χ3n) is 3.35. The van der Waals surface area contributed by atoms with Gasteiger partial charge in [0.05, 0.1) is 7.11 Å². The summed E-state index contributed by atoms with van der Waals surface area (Å²) >= 11 is 0. The van der Waals surface area contributed by atoms with Gasteiger partial charge in [0.1, 0.15) is 5.75 Å². The molecule has 0 aliphatic rings. The summed E-state index contributed by atoms with van der Waals surface area (Å²) in [6.45, 7) is 2.61. The Balaban J connectivity index is 2.48. The van der Waals surface area contributed by atoms with Crippen LogP contribution in [0.3, 0.4) is 0 Å². The van der Waals surface area contributed by atoms with E-state index in [2.05, 4.69) is 31.0 Å². The Kier molecular flexibility index (Phi) is 4.07. The topological polar surface area (TPSA) is 38.5 Å². The lowest BCUT2D eigenvalue weighted by atomic mass is 10.1. The fourth-order valence-electron chi connectivity index (χ4n) is 2.22. The summed E-state index contributed by atoms with van der Waals surface area (Å²) in [7, 11) is 3.73. The van der Waals surface area contributed by atoms with E-state index in [9.17, 15) is 0 Å². The van der Waals surface area contributed by atoms with E-state index in [4.69, 9.17) is 10.5 Å². The number of aryl methyl sites for hydroxylation is 1. The van der Waals surface area contributed by atoms with Gasteiger partial charge in [-0.05, 0) is 30.2 Å². The van der Waals surface area contributed by atoms with E-state index in [-0.39, 0.29) is 0 Å². The molecule has 0 spiro atoms. The van der Waals surface area contributed by atoms with Crippen molar-refractivity contribution in [2.45, 2.75) is 13.5 Å². The minimum atomic E-state index is 0.509. The molecule has 2 aromatic rings. The minimum absolute atomic E-state index is 0.509. The average molecular weight is 256 g/mol. The number of para-hydroxylation sites is 1. The molecule has 0 aliphatic heterocycles. The largest absolute Gasteiger partial charge is 0.497 e. The van der Waals surface area contributed by atoms with Crippen LogP contribution in [0.2, 0.25) is 0 Å². The Morgan fingerprint density at radius 3 is 2.47 bits per heavy atom. The molecule has 0 aromatic heterocycles. The predicted molar refractivity (Wildman–Crippen MR) is 80.1 cm³/mol. The molecule has 0 fully saturated rings. The first-order valence-electron chi connectivity index (χ1n) is 6.33. The van der Waals surface area contributed by atoms with Crippen LogP contribution in [0, 0.1) is 6.92 Å². The van der Waals surface area contributed by atoms with Crippen LogP contribution in [0.25, 0.3) is 0 Å². The van der Waals surface area contributed by atoms with Gasteiger partial charge in [0.15, 0.2) is 0 Å². The zero-order valence-corrected chi connectivity index (χ0v) is 11.7. The predicted octanol–water partition coefficient (Wildman–Crippen LogP) is 3.23. The fraction of sp³-hybridized carbons (Fsp3) is 0.250. The van der Waals surface area contributed by atoms with Crippen molar-refractivity contribution in [2.75, 3.05) is 19.1 Å². The lowest BCUT2D eigenvalue weighted by molar-refractivity contribution is 0.415. The summed E-state index contributed by atoms with van der Waals surface area (Å²) in [5.41, 5.74) is 10.4. The maximum Gasteiger partial charge on any atom is 0.120 e. The summed E-state index contributed by atoms with van der Waals surface area (Å²) in [5, 5.41) is 0. The average Bonchev–Trinajstić information content (AvgIpc) is 2.46. The number of rotatable bonds is 4. The Morgan fingerprint density at radius 2 is 1.84 bits per heavy atom. The highest BCUT2D eigenvalue weighted by atomic mass is 16.5. The van der Waals surface area contributed by atoms with Crippen molar-refractivity contribution in [2.24, 2.45) is 5.73 Å². The molecule has 0 heterocycles. The maximum atomic E-state index is 5.83. The summed E-state index contributed by atoms with van der Waals surface area (Å²) in [6.07, 6.45) is 0. The molecule has 0 radical (unpaired) electrons. The van der Waals surface area contributed by atoms with Crippen molar-refractivity contribution < 1.29 is 4.74 Å². The first-order chi connectivity index (χ1) is 9.17. The van der Waals surface area contributed by atoms with Crippen LogP contribution >= 0.6 is 0 Å². The molecule has 0 saturated heterocycles. The summed E-state index contributed by atoms with van der Waals surface area (Å²) in [4.78, 5) is 2.15. The first kappa shape index (κ1) is 13.4. The van der Waals surface area contributed by atoms with E-state index in [1.165, 1.54) is 11.3 Å². The molecule has 0 atom stereocenters. The Morgan fingerprint density at radius 1 is 1.11 bits per heavy atom. The zero-order valence-electron chi connectivity index (χ0n) is 11.7. The van der Waals surface area contributed by atoms with Gasteiger partial charge in [0.2, 0.25) is 0 Å². The zero-order chi connectivity index (χ0) is 13.8. The van der Waals surface area contributed by atoms with Crippen molar-refractivity contribution in [3.63, 3.8) is 0 Å². The SMILES string of the molecule is COc1ccc(CN)c(N(C)c2ccccc2C)c1. The molecule has 0 bridgehead atoms. The quantitative estimate of drug-likeness (QED) is 0.912. The summed E-state index contributed by atoms with van der Waals surface area (Å²) in [6, 6.07) is 14.3. The molecular weight excluding hydrogens is 236 g/mol. The highest BCUT2D eigenvalue weighted by molar-refractivity contribution is 5.69. The molecule has 100 valence electrons. The Hall–Kier alpha value is -2.00. The molecule has 19 heavy (non-hydrogen) atoms. The Bertz CT molecular complexity index is 566. The standard InChI is InChI=1S/C16H20N2O/c1-12-6-4-5-7-15(12)18(2)16-10-14(19-3)9-8-13(16)11-17/h4-10H,11,17H2,1-3H3. The van der Waals surface area contributed by atoms with Gasteiger partial charge in [-0.3, -0.25) is 0 Å². The van der Waals surface area contributed by atoms with E-state index in [1.807, 2.05) is 30.3 Å². The number of hydrogen-bond donors (Lipinski definition) is 1. The van der Waals surface area contributed by atoms with Crippen LogP contribution < -0.4 is 15.4 Å². The van der Waals surface area contributed by atoms with Crippen LogP contribution in [-0.4, -0.2) is 14.2 Å². The maximum absolute atomic E-state index is 5.83. The van der Waals surface area contributed by atoms with Crippen LogP contribution in [0.5, 0.6) is 5.75 Å². The van der Waals surface area contributed by atoms with Gasteiger partial charge in [-0.15, -0.1) is 0 Å². The van der Waals surface area contributed by atoms with Gasteiger partial charge < -0.3 is 15.4 Å². The first-order valence-corrected chi connectivity index (χ1v) is 6.33. The van der Waals surface area contributed by atoms with Gasteiger partial charge in [-0.1, -0.05) is 24.3 Å². The van der Waals surface area contributed by atoms with Crippen LogP contribution in [0.1, 0.15) is 11.1 Å². The lowest BCUT2D eigenvalue weighted by Gasteiger charge is -2.24. The monoisotopic (exact) mass is 256 g/mol. The van der Waals surface area contributed by atoms with Crippen molar-refractivity contribution >= 4 is 11.4 Å². The molecule has 0 unspecified atom stereocenters. The normalized spacial score (nSPS) is 10.3. The lowest BCUT2D eigenvalue weighted by Crippen LogP contribution is -2.14. The van der Waals surface area contributed by atoms with Crippen LogP contribution in [0.15, 0.2) is 42.5 Å². The summed E-state index contributed by atoms with van der Waals surface area (Å²) < 4.78 is 5.30. The molecule has 0 aliphatic carbocycles. The van der Waals surface area contributed by atoms with Crippen molar-refractivity contribution in [3.05, 3.63) is 53.6 Å². The van der Waals surface area contributed by atoms with Crippen molar-refractivity contribution in [3.8, 4) is 5.75 Å². The van der Waals surface area contributed by atoms with E-state index in [0.717, 1.165) is 17.0 Å². The van der Waals surface area contributed by atoms with E-state index < -0.39 is 0 Å². The number of nitrogens with two attached hydrogens (primary N) is 1. The van der Waals surface area contributed by atoms with Crippen molar-refractivity contribution in [1.82, 2.24) is 0 Å². The molecule has 0 amide bonds.